The smallest absolute Gasteiger partial charge is 0.252 e. The zero-order valence-corrected chi connectivity index (χ0v) is 6.97. The van der Waals surface area contributed by atoms with Crippen LogP contribution in [0.1, 0.15) is 0 Å². The summed E-state index contributed by atoms with van der Waals surface area (Å²) in [5, 5.41) is 0. The van der Waals surface area contributed by atoms with E-state index in [1.807, 2.05) is 53.1 Å². The third-order valence-electron chi connectivity index (χ3n) is 1.80. The highest BCUT2D eigenvalue weighted by Gasteiger charge is 2.09. The van der Waals surface area contributed by atoms with Gasteiger partial charge in [-0.15, -0.1) is 4.68 Å². The molecule has 0 aromatic carbocycles. The molecule has 0 unspecified atom stereocenters. The Morgan fingerprint density at radius 1 is 1.58 bits per heavy atom. The van der Waals surface area contributed by atoms with Crippen LogP contribution >= 0.6 is 0 Å². The van der Waals surface area contributed by atoms with Crippen LogP contribution in [-0.2, 0) is 11.8 Å². The monoisotopic (exact) mass is 163 g/mol. The van der Waals surface area contributed by atoms with Gasteiger partial charge in [-0.25, -0.2) is 0 Å². The molecule has 2 rings (SSSR count). The van der Waals surface area contributed by atoms with E-state index in [1.165, 1.54) is 0 Å². The van der Waals surface area contributed by atoms with Crippen molar-refractivity contribution in [2.75, 3.05) is 6.61 Å². The first-order chi connectivity index (χ1) is 5.88. The Labute approximate surface area is 71.2 Å². The fourth-order valence-electron chi connectivity index (χ4n) is 1.18. The van der Waals surface area contributed by atoms with Crippen LogP contribution in [0.25, 0.3) is 5.88 Å². The zero-order chi connectivity index (χ0) is 8.39. The van der Waals surface area contributed by atoms with Gasteiger partial charge in [-0.1, -0.05) is 10.8 Å². The molecule has 0 saturated heterocycles. The SMILES string of the molecule is C[n+]1cccn1C1=CC=CCO1. The molecule has 0 N–H and O–H groups in total. The number of aryl methyl sites for hydroxylation is 1. The Morgan fingerprint density at radius 2 is 2.50 bits per heavy atom. The van der Waals surface area contributed by atoms with Crippen LogP contribution < -0.4 is 4.68 Å². The summed E-state index contributed by atoms with van der Waals surface area (Å²) in [7, 11) is 1.97. The lowest BCUT2D eigenvalue weighted by atomic mass is 10.4. The van der Waals surface area contributed by atoms with Gasteiger partial charge >= 0.3 is 0 Å². The first-order valence-corrected chi connectivity index (χ1v) is 3.91. The minimum Gasteiger partial charge on any atom is -0.471 e. The first-order valence-electron chi connectivity index (χ1n) is 3.91. The van der Waals surface area contributed by atoms with E-state index < -0.39 is 0 Å². The quantitative estimate of drug-likeness (QED) is 0.557. The Balaban J connectivity index is 2.36. The van der Waals surface area contributed by atoms with Gasteiger partial charge in [-0.3, -0.25) is 0 Å². The number of hydrogen-bond acceptors (Lipinski definition) is 1. The van der Waals surface area contributed by atoms with Crippen molar-refractivity contribution in [3.8, 4) is 0 Å². The van der Waals surface area contributed by atoms with Gasteiger partial charge in [-0.05, 0) is 6.08 Å². The molecule has 62 valence electrons. The average Bonchev–Trinajstić information content (AvgIpc) is 2.53. The number of allylic oxidation sites excluding steroid dienone is 2. The summed E-state index contributed by atoms with van der Waals surface area (Å²) in [5.41, 5.74) is 0. The summed E-state index contributed by atoms with van der Waals surface area (Å²) in [4.78, 5) is 0. The predicted molar refractivity (Wildman–Crippen MR) is 45.0 cm³/mol. The maximum atomic E-state index is 5.42. The van der Waals surface area contributed by atoms with Crippen molar-refractivity contribution in [3.63, 3.8) is 0 Å². The highest BCUT2D eigenvalue weighted by atomic mass is 16.5. The van der Waals surface area contributed by atoms with E-state index >= 15 is 0 Å². The maximum absolute atomic E-state index is 5.42. The lowest BCUT2D eigenvalue weighted by Crippen LogP contribution is -2.37. The highest BCUT2D eigenvalue weighted by Crippen LogP contribution is 2.07. The summed E-state index contributed by atoms with van der Waals surface area (Å²) in [6.07, 6.45) is 9.86. The topological polar surface area (TPSA) is 18.0 Å². The van der Waals surface area contributed by atoms with Crippen molar-refractivity contribution in [1.82, 2.24) is 4.68 Å². The molecule has 1 aliphatic rings. The molecular weight excluding hydrogens is 152 g/mol. The van der Waals surface area contributed by atoms with Crippen LogP contribution in [0.4, 0.5) is 0 Å². The third kappa shape index (κ3) is 1.13. The molecule has 0 amide bonds. The van der Waals surface area contributed by atoms with Gasteiger partial charge in [0.15, 0.2) is 13.2 Å². The number of ether oxygens (including phenoxy) is 1. The standard InChI is InChI=1S/C9H11N2O/c1-10-6-4-7-11(10)9-5-2-3-8-12-9/h2-7H,8H2,1H3/q+1. The predicted octanol–water partition coefficient (Wildman–Crippen LogP) is 0.697. The number of rotatable bonds is 1. The minimum atomic E-state index is 0.657. The summed E-state index contributed by atoms with van der Waals surface area (Å²) < 4.78 is 9.33. The molecule has 3 heteroatoms. The molecule has 0 aliphatic carbocycles. The van der Waals surface area contributed by atoms with Gasteiger partial charge in [0.05, 0.1) is 6.20 Å². The first kappa shape index (κ1) is 7.16. The summed E-state index contributed by atoms with van der Waals surface area (Å²) in [6.45, 7) is 0.657. The van der Waals surface area contributed by atoms with E-state index in [4.69, 9.17) is 4.74 Å². The van der Waals surface area contributed by atoms with E-state index in [0.717, 1.165) is 5.88 Å². The Morgan fingerprint density at radius 3 is 3.08 bits per heavy atom. The second kappa shape index (κ2) is 2.85. The van der Waals surface area contributed by atoms with Gasteiger partial charge in [0.1, 0.15) is 6.61 Å². The van der Waals surface area contributed by atoms with Crippen molar-refractivity contribution in [2.45, 2.75) is 0 Å². The molecule has 0 spiro atoms. The van der Waals surface area contributed by atoms with E-state index in [2.05, 4.69) is 0 Å². The zero-order valence-electron chi connectivity index (χ0n) is 6.97. The largest absolute Gasteiger partial charge is 0.471 e. The van der Waals surface area contributed by atoms with Crippen molar-refractivity contribution in [3.05, 3.63) is 36.7 Å². The van der Waals surface area contributed by atoms with Crippen molar-refractivity contribution < 1.29 is 9.42 Å². The second-order valence-corrected chi connectivity index (χ2v) is 2.65. The number of nitrogens with zero attached hydrogens (tertiary/aromatic N) is 2. The normalized spacial score (nSPS) is 15.6. The minimum absolute atomic E-state index is 0.657. The molecule has 3 nitrogen and oxygen atoms in total. The molecule has 12 heavy (non-hydrogen) atoms. The molecule has 0 bridgehead atoms. The van der Waals surface area contributed by atoms with Crippen LogP contribution in [0.2, 0.25) is 0 Å². The Hall–Kier alpha value is -1.51. The average molecular weight is 163 g/mol. The van der Waals surface area contributed by atoms with E-state index in [1.54, 1.807) is 0 Å². The van der Waals surface area contributed by atoms with Crippen molar-refractivity contribution in [2.24, 2.45) is 7.05 Å². The molecule has 0 saturated carbocycles. The summed E-state index contributed by atoms with van der Waals surface area (Å²) >= 11 is 0. The fourth-order valence-corrected chi connectivity index (χ4v) is 1.18. The summed E-state index contributed by atoms with van der Waals surface area (Å²) in [5.74, 6) is 0.866. The molecule has 2 heterocycles. The van der Waals surface area contributed by atoms with Crippen LogP contribution in [-0.4, -0.2) is 11.3 Å². The lowest BCUT2D eigenvalue weighted by Gasteiger charge is -2.08. The maximum Gasteiger partial charge on any atom is 0.252 e. The van der Waals surface area contributed by atoms with Gasteiger partial charge in [0, 0.05) is 12.1 Å². The summed E-state index contributed by atoms with van der Waals surface area (Å²) in [6, 6.07) is 1.97. The number of aromatic nitrogens is 2. The molecule has 0 fully saturated rings. The molecule has 1 aromatic heterocycles. The van der Waals surface area contributed by atoms with Crippen LogP contribution in [0, 0.1) is 0 Å². The Kier molecular flexibility index (Phi) is 1.70. The molecule has 0 radical (unpaired) electrons. The molecule has 1 aliphatic heterocycles. The molecule has 1 aromatic rings. The molecule has 0 atom stereocenters. The second-order valence-electron chi connectivity index (χ2n) is 2.65. The van der Waals surface area contributed by atoms with Crippen LogP contribution in [0.3, 0.4) is 0 Å². The third-order valence-corrected chi connectivity index (χ3v) is 1.80. The lowest BCUT2D eigenvalue weighted by molar-refractivity contribution is -0.744. The van der Waals surface area contributed by atoms with E-state index in [0.29, 0.717) is 6.61 Å². The van der Waals surface area contributed by atoms with E-state index in [-0.39, 0.29) is 0 Å². The van der Waals surface area contributed by atoms with E-state index in [9.17, 15) is 0 Å². The van der Waals surface area contributed by atoms with Gasteiger partial charge in [0.2, 0.25) is 0 Å². The Bertz CT molecular complexity index is 336. The molecular formula is C9H11N2O+. The fraction of sp³-hybridized carbons (Fsp3) is 0.222. The van der Waals surface area contributed by atoms with Gasteiger partial charge in [0.25, 0.3) is 5.88 Å². The van der Waals surface area contributed by atoms with Gasteiger partial charge < -0.3 is 4.74 Å². The van der Waals surface area contributed by atoms with Crippen LogP contribution in [0.5, 0.6) is 0 Å². The highest BCUT2D eigenvalue weighted by molar-refractivity contribution is 5.40. The van der Waals surface area contributed by atoms with Crippen molar-refractivity contribution in [1.29, 1.82) is 0 Å². The number of hydrogen-bond donors (Lipinski definition) is 0. The van der Waals surface area contributed by atoms with Crippen LogP contribution in [0.15, 0.2) is 36.7 Å². The van der Waals surface area contributed by atoms with Crippen molar-refractivity contribution >= 4 is 5.88 Å². The van der Waals surface area contributed by atoms with Gasteiger partial charge in [-0.2, -0.15) is 0 Å².